The molecule has 0 aromatic heterocycles. The smallest absolute Gasteiger partial charge is 0.240 e. The zero-order valence-corrected chi connectivity index (χ0v) is 12.6. The quantitative estimate of drug-likeness (QED) is 0.753. The van der Waals surface area contributed by atoms with Crippen molar-refractivity contribution in [1.82, 2.24) is 4.72 Å². The Morgan fingerprint density at radius 3 is 2.58 bits per heavy atom. The molecule has 1 unspecified atom stereocenters. The minimum Gasteiger partial charge on any atom is -0.396 e. The average molecular weight is 285 g/mol. The maximum Gasteiger partial charge on any atom is 0.240 e. The molecule has 0 fully saturated rings. The highest BCUT2D eigenvalue weighted by atomic mass is 32.2. The van der Waals surface area contributed by atoms with Gasteiger partial charge in [-0.3, -0.25) is 0 Å². The van der Waals surface area contributed by atoms with Gasteiger partial charge in [-0.2, -0.15) is 0 Å². The first-order valence-electron chi connectivity index (χ1n) is 6.54. The van der Waals surface area contributed by atoms with E-state index in [-0.39, 0.29) is 12.5 Å². The van der Waals surface area contributed by atoms with Gasteiger partial charge in [0, 0.05) is 13.2 Å². The fourth-order valence-electron chi connectivity index (χ4n) is 1.93. The molecule has 5 heteroatoms. The number of rotatable bonds is 7. The van der Waals surface area contributed by atoms with Crippen molar-refractivity contribution in [2.75, 3.05) is 13.2 Å². The van der Waals surface area contributed by atoms with Gasteiger partial charge in [-0.05, 0) is 44.2 Å². The van der Waals surface area contributed by atoms with Crippen LogP contribution in [0.4, 0.5) is 0 Å². The summed E-state index contributed by atoms with van der Waals surface area (Å²) >= 11 is 0. The molecule has 0 spiro atoms. The minimum atomic E-state index is -3.42. The standard InChI is InChI=1S/C14H23NO3S/c1-11-6-7-14(13(3)9-11)19(17,18)15-8-4-5-12(2)10-16/h6-7,9,12,15-16H,4-5,8,10H2,1-3H3. The van der Waals surface area contributed by atoms with Crippen LogP contribution in [-0.4, -0.2) is 26.7 Å². The SMILES string of the molecule is Cc1ccc(S(=O)(=O)NCCCC(C)CO)c(C)c1. The molecule has 1 rings (SSSR count). The van der Waals surface area contributed by atoms with Gasteiger partial charge in [-0.1, -0.05) is 24.6 Å². The summed E-state index contributed by atoms with van der Waals surface area (Å²) in [7, 11) is -3.42. The number of nitrogens with one attached hydrogen (secondary N) is 1. The van der Waals surface area contributed by atoms with Crippen LogP contribution in [0.2, 0.25) is 0 Å². The molecule has 1 aromatic carbocycles. The summed E-state index contributed by atoms with van der Waals surface area (Å²) in [5.41, 5.74) is 1.81. The largest absolute Gasteiger partial charge is 0.396 e. The third-order valence-corrected chi connectivity index (χ3v) is 4.72. The van der Waals surface area contributed by atoms with Crippen LogP contribution in [0, 0.1) is 19.8 Å². The fourth-order valence-corrected chi connectivity index (χ4v) is 3.23. The molecule has 2 N–H and O–H groups in total. The van der Waals surface area contributed by atoms with Gasteiger partial charge in [-0.15, -0.1) is 0 Å². The molecular weight excluding hydrogens is 262 g/mol. The molecule has 0 aliphatic rings. The molecule has 0 saturated heterocycles. The molecule has 0 heterocycles. The van der Waals surface area contributed by atoms with Crippen molar-refractivity contribution < 1.29 is 13.5 Å². The molecule has 0 amide bonds. The van der Waals surface area contributed by atoms with Gasteiger partial charge in [0.05, 0.1) is 4.90 Å². The highest BCUT2D eigenvalue weighted by molar-refractivity contribution is 7.89. The van der Waals surface area contributed by atoms with Crippen LogP contribution >= 0.6 is 0 Å². The maximum absolute atomic E-state index is 12.1. The van der Waals surface area contributed by atoms with Gasteiger partial charge >= 0.3 is 0 Å². The lowest BCUT2D eigenvalue weighted by Crippen LogP contribution is -2.26. The summed E-state index contributed by atoms with van der Waals surface area (Å²) in [5.74, 6) is 0.214. The normalized spacial score (nSPS) is 13.5. The zero-order chi connectivity index (χ0) is 14.5. The van der Waals surface area contributed by atoms with Crippen molar-refractivity contribution in [3.63, 3.8) is 0 Å². The molecular formula is C14H23NO3S. The summed E-state index contributed by atoms with van der Waals surface area (Å²) in [6, 6.07) is 5.31. The van der Waals surface area contributed by atoms with Gasteiger partial charge in [-0.25, -0.2) is 13.1 Å². The van der Waals surface area contributed by atoms with Gasteiger partial charge in [0.2, 0.25) is 10.0 Å². The molecule has 0 aliphatic heterocycles. The number of sulfonamides is 1. The molecule has 1 aromatic rings. The fraction of sp³-hybridized carbons (Fsp3) is 0.571. The molecule has 0 bridgehead atoms. The molecule has 19 heavy (non-hydrogen) atoms. The summed E-state index contributed by atoms with van der Waals surface area (Å²) in [4.78, 5) is 0.341. The van der Waals surface area contributed by atoms with Crippen molar-refractivity contribution in [3.8, 4) is 0 Å². The molecule has 108 valence electrons. The van der Waals surface area contributed by atoms with Gasteiger partial charge in [0.25, 0.3) is 0 Å². The van der Waals surface area contributed by atoms with E-state index in [9.17, 15) is 8.42 Å². The molecule has 1 atom stereocenters. The maximum atomic E-state index is 12.1. The Bertz CT molecular complexity index is 511. The number of aryl methyl sites for hydroxylation is 2. The van der Waals surface area contributed by atoms with E-state index in [2.05, 4.69) is 4.72 Å². The van der Waals surface area contributed by atoms with Crippen LogP contribution in [0.3, 0.4) is 0 Å². The Kier molecular flexibility index (Phi) is 5.97. The number of aliphatic hydroxyl groups is 1. The first kappa shape index (κ1) is 16.1. The van der Waals surface area contributed by atoms with E-state index in [0.717, 1.165) is 24.0 Å². The van der Waals surface area contributed by atoms with E-state index in [4.69, 9.17) is 5.11 Å². The molecule has 4 nitrogen and oxygen atoms in total. The van der Waals surface area contributed by atoms with Crippen LogP contribution < -0.4 is 4.72 Å². The van der Waals surface area contributed by atoms with Gasteiger partial charge in [0.1, 0.15) is 0 Å². The average Bonchev–Trinajstić information content (AvgIpc) is 2.33. The predicted molar refractivity (Wildman–Crippen MR) is 76.6 cm³/mol. The zero-order valence-electron chi connectivity index (χ0n) is 11.8. The van der Waals surface area contributed by atoms with E-state index in [0.29, 0.717) is 11.4 Å². The highest BCUT2D eigenvalue weighted by Gasteiger charge is 2.15. The summed E-state index contributed by atoms with van der Waals surface area (Å²) in [6.07, 6.45) is 1.54. The monoisotopic (exact) mass is 285 g/mol. The van der Waals surface area contributed by atoms with E-state index in [1.54, 1.807) is 19.1 Å². The number of benzene rings is 1. The second-order valence-corrected chi connectivity index (χ2v) is 6.83. The van der Waals surface area contributed by atoms with E-state index < -0.39 is 10.0 Å². The highest BCUT2D eigenvalue weighted by Crippen LogP contribution is 2.16. The lowest BCUT2D eigenvalue weighted by atomic mass is 10.1. The summed E-state index contributed by atoms with van der Waals surface area (Å²) < 4.78 is 26.8. The molecule has 0 saturated carbocycles. The lowest BCUT2D eigenvalue weighted by molar-refractivity contribution is 0.228. The minimum absolute atomic E-state index is 0.143. The Hall–Kier alpha value is -0.910. The van der Waals surface area contributed by atoms with Gasteiger partial charge < -0.3 is 5.11 Å². The van der Waals surface area contributed by atoms with Gasteiger partial charge in [0.15, 0.2) is 0 Å². The Labute approximate surface area is 115 Å². The Morgan fingerprint density at radius 1 is 1.32 bits per heavy atom. The second-order valence-electron chi connectivity index (χ2n) is 5.10. The topological polar surface area (TPSA) is 66.4 Å². The first-order chi connectivity index (χ1) is 8.86. The van der Waals surface area contributed by atoms with Crippen LogP contribution in [0.5, 0.6) is 0 Å². The second kappa shape index (κ2) is 7.03. The molecule has 0 aliphatic carbocycles. The van der Waals surface area contributed by atoms with Crippen LogP contribution in [0.25, 0.3) is 0 Å². The Balaban J connectivity index is 2.61. The van der Waals surface area contributed by atoms with E-state index in [1.165, 1.54) is 0 Å². The lowest BCUT2D eigenvalue weighted by Gasteiger charge is -2.11. The summed E-state index contributed by atoms with van der Waals surface area (Å²) in [5, 5.41) is 8.90. The third kappa shape index (κ3) is 4.93. The van der Waals surface area contributed by atoms with Crippen molar-refractivity contribution in [2.24, 2.45) is 5.92 Å². The summed E-state index contributed by atoms with van der Waals surface area (Å²) in [6.45, 7) is 6.23. The number of hydrogen-bond acceptors (Lipinski definition) is 3. The number of aliphatic hydroxyl groups excluding tert-OH is 1. The van der Waals surface area contributed by atoms with Crippen LogP contribution in [0.1, 0.15) is 30.9 Å². The van der Waals surface area contributed by atoms with Crippen LogP contribution in [-0.2, 0) is 10.0 Å². The Morgan fingerprint density at radius 2 is 2.00 bits per heavy atom. The van der Waals surface area contributed by atoms with Crippen molar-refractivity contribution in [3.05, 3.63) is 29.3 Å². The predicted octanol–water partition coefficient (Wildman–Crippen LogP) is 1.99. The first-order valence-corrected chi connectivity index (χ1v) is 8.03. The third-order valence-electron chi connectivity index (χ3n) is 3.10. The van der Waals surface area contributed by atoms with E-state index >= 15 is 0 Å². The van der Waals surface area contributed by atoms with Crippen molar-refractivity contribution >= 4 is 10.0 Å². The van der Waals surface area contributed by atoms with Crippen molar-refractivity contribution in [1.29, 1.82) is 0 Å². The van der Waals surface area contributed by atoms with Crippen molar-refractivity contribution in [2.45, 2.75) is 38.5 Å². The number of hydrogen-bond donors (Lipinski definition) is 2. The van der Waals surface area contributed by atoms with Crippen LogP contribution in [0.15, 0.2) is 23.1 Å². The molecule has 0 radical (unpaired) electrons. The van der Waals surface area contributed by atoms with E-state index in [1.807, 2.05) is 19.9 Å².